The molecule has 0 amide bonds. The fourth-order valence-corrected chi connectivity index (χ4v) is 6.93. The molecule has 6 nitrogen and oxygen atoms in total. The van der Waals surface area contributed by atoms with E-state index in [2.05, 4.69) is 27.4 Å². The number of fused-ring (bicyclic) bond motifs is 1. The van der Waals surface area contributed by atoms with Crippen molar-refractivity contribution in [1.82, 2.24) is 9.88 Å². The summed E-state index contributed by atoms with van der Waals surface area (Å²) in [7, 11) is 1.58. The van der Waals surface area contributed by atoms with Crippen molar-refractivity contribution in [3.8, 4) is 5.75 Å². The molecule has 3 heterocycles. The molecule has 1 N–H and O–H groups in total. The number of thioether (sulfide) groups is 1. The fraction of sp³-hybridized carbons (Fsp3) is 0.423. The number of benzene rings is 1. The van der Waals surface area contributed by atoms with Crippen LogP contribution in [0.5, 0.6) is 5.75 Å². The van der Waals surface area contributed by atoms with Crippen molar-refractivity contribution in [1.29, 1.82) is 0 Å². The van der Waals surface area contributed by atoms with E-state index in [0.717, 1.165) is 31.8 Å². The van der Waals surface area contributed by atoms with Crippen LogP contribution in [-0.4, -0.2) is 59.2 Å². The largest absolute Gasteiger partial charge is 0.497 e. The summed E-state index contributed by atoms with van der Waals surface area (Å²) in [6, 6.07) is 9.60. The minimum atomic E-state index is -0.781. The van der Waals surface area contributed by atoms with E-state index in [9.17, 15) is 14.7 Å². The summed E-state index contributed by atoms with van der Waals surface area (Å²) >= 11 is 9.99. The van der Waals surface area contributed by atoms with Crippen molar-refractivity contribution >= 4 is 57.4 Å². The second-order valence-electron chi connectivity index (χ2n) is 8.81. The number of methoxy groups -OCH3 is 1. The molecule has 9 heteroatoms. The Bertz CT molecular complexity index is 1170. The third-order valence-electron chi connectivity index (χ3n) is 6.61. The zero-order valence-electron chi connectivity index (χ0n) is 19.6. The number of carbonyl (C=O) groups excluding carboxylic acids is 1. The lowest BCUT2D eigenvalue weighted by Gasteiger charge is -2.38. The van der Waals surface area contributed by atoms with Gasteiger partial charge in [-0.05, 0) is 60.9 Å². The quantitative estimate of drug-likeness (QED) is 0.235. The Hall–Kier alpha value is -2.13. The summed E-state index contributed by atoms with van der Waals surface area (Å²) < 4.78 is 6.62. The highest BCUT2D eigenvalue weighted by atomic mass is 35.5. The Labute approximate surface area is 218 Å². The van der Waals surface area contributed by atoms with Gasteiger partial charge in [0.1, 0.15) is 5.75 Å². The topological polar surface area (TPSA) is 79.7 Å². The van der Waals surface area contributed by atoms with Crippen molar-refractivity contribution in [2.45, 2.75) is 29.9 Å². The summed E-state index contributed by atoms with van der Waals surface area (Å²) in [5.41, 5.74) is 1.16. The molecule has 186 valence electrons. The Morgan fingerprint density at radius 1 is 1.31 bits per heavy atom. The Kier molecular flexibility index (Phi) is 9.05. The van der Waals surface area contributed by atoms with Gasteiger partial charge in [0.05, 0.1) is 21.9 Å². The molecule has 2 aromatic heterocycles. The number of likely N-dealkylation sites (tertiary alicyclic amines) is 1. The average molecular weight is 533 g/mol. The molecule has 0 spiro atoms. The van der Waals surface area contributed by atoms with Gasteiger partial charge >= 0.3 is 5.97 Å². The third kappa shape index (κ3) is 6.76. The summed E-state index contributed by atoms with van der Waals surface area (Å²) in [5, 5.41) is 12.6. The molecule has 1 aromatic carbocycles. The van der Waals surface area contributed by atoms with Crippen LogP contribution >= 0.6 is 34.7 Å². The molecule has 1 saturated heterocycles. The van der Waals surface area contributed by atoms with Gasteiger partial charge in [-0.15, -0.1) is 23.1 Å². The van der Waals surface area contributed by atoms with E-state index < -0.39 is 5.97 Å². The van der Waals surface area contributed by atoms with Gasteiger partial charge in [0, 0.05) is 48.8 Å². The van der Waals surface area contributed by atoms with Crippen LogP contribution in [0, 0.1) is 11.8 Å². The summed E-state index contributed by atoms with van der Waals surface area (Å²) in [6.45, 7) is 2.62. The van der Waals surface area contributed by atoms with Crippen LogP contribution in [0.15, 0.2) is 46.1 Å². The van der Waals surface area contributed by atoms with Crippen LogP contribution in [0.25, 0.3) is 10.9 Å². The summed E-state index contributed by atoms with van der Waals surface area (Å²) in [6.07, 6.45) is 3.52. The van der Waals surface area contributed by atoms with Crippen LogP contribution in [0.2, 0.25) is 5.02 Å². The van der Waals surface area contributed by atoms with Crippen molar-refractivity contribution in [3.05, 3.63) is 52.5 Å². The number of halogens is 1. The number of piperidine rings is 1. The first kappa shape index (κ1) is 25.9. The smallest absolute Gasteiger partial charge is 0.303 e. The zero-order valence-corrected chi connectivity index (χ0v) is 22.0. The number of ketones is 1. The number of thiophene rings is 1. The number of aromatic nitrogens is 1. The van der Waals surface area contributed by atoms with E-state index in [1.807, 2.05) is 17.8 Å². The number of aliphatic carboxylic acids is 1. The lowest BCUT2D eigenvalue weighted by atomic mass is 9.79. The standard InChI is InChI=1S/C26H29ClN2O4S2/c1-33-19-5-6-22-20(14-19)26(21(27)15-28-22)23(30)7-4-17-8-9-29(16-18(17)13-24(31)32)10-12-35-25-3-2-11-34-25/h2-3,5-6,11,14-15,17-18H,4,7-10,12-13,16H2,1H3,(H,31,32). The van der Waals surface area contributed by atoms with Gasteiger partial charge in [-0.2, -0.15) is 0 Å². The van der Waals surface area contributed by atoms with E-state index >= 15 is 0 Å². The molecule has 0 saturated carbocycles. The molecule has 3 aromatic rings. The van der Waals surface area contributed by atoms with Gasteiger partial charge in [0.25, 0.3) is 0 Å². The number of ether oxygens (including phenoxy) is 1. The molecule has 0 aliphatic carbocycles. The highest BCUT2D eigenvalue weighted by molar-refractivity contribution is 8.01. The number of hydrogen-bond acceptors (Lipinski definition) is 7. The van der Waals surface area contributed by atoms with Crippen molar-refractivity contribution in [2.75, 3.05) is 32.5 Å². The SMILES string of the molecule is COc1ccc2ncc(Cl)c(C(=O)CCC3CCN(CCSc4cccs4)CC3CC(=O)O)c2c1. The van der Waals surface area contributed by atoms with E-state index in [1.54, 1.807) is 30.6 Å². The number of pyridine rings is 1. The van der Waals surface area contributed by atoms with Gasteiger partial charge in [0.15, 0.2) is 5.78 Å². The maximum absolute atomic E-state index is 13.3. The number of carbonyl (C=O) groups is 2. The van der Waals surface area contributed by atoms with Crippen LogP contribution in [0.1, 0.15) is 36.0 Å². The molecule has 35 heavy (non-hydrogen) atoms. The molecule has 0 bridgehead atoms. The van der Waals surface area contributed by atoms with Gasteiger partial charge in [-0.1, -0.05) is 17.7 Å². The Morgan fingerprint density at radius 3 is 2.91 bits per heavy atom. The van der Waals surface area contributed by atoms with Gasteiger partial charge in [0.2, 0.25) is 0 Å². The lowest BCUT2D eigenvalue weighted by molar-refractivity contribution is -0.139. The van der Waals surface area contributed by atoms with E-state index in [1.165, 1.54) is 10.4 Å². The van der Waals surface area contributed by atoms with Crippen LogP contribution < -0.4 is 4.74 Å². The fourth-order valence-electron chi connectivity index (χ4n) is 4.81. The second kappa shape index (κ2) is 12.2. The van der Waals surface area contributed by atoms with Crippen LogP contribution in [-0.2, 0) is 4.79 Å². The molecule has 2 atom stereocenters. The van der Waals surface area contributed by atoms with E-state index in [4.69, 9.17) is 16.3 Å². The van der Waals surface area contributed by atoms with Crippen molar-refractivity contribution in [2.24, 2.45) is 11.8 Å². The third-order valence-corrected chi connectivity index (χ3v) is 9.01. The predicted molar refractivity (Wildman–Crippen MR) is 142 cm³/mol. The van der Waals surface area contributed by atoms with Crippen LogP contribution in [0.3, 0.4) is 0 Å². The summed E-state index contributed by atoms with van der Waals surface area (Å²) in [5.74, 6) is 1.03. The van der Waals surface area contributed by atoms with Crippen LogP contribution in [0.4, 0.5) is 0 Å². The highest BCUT2D eigenvalue weighted by Crippen LogP contribution is 2.34. The monoisotopic (exact) mass is 532 g/mol. The van der Waals surface area contributed by atoms with Gasteiger partial charge in [-0.3, -0.25) is 14.6 Å². The minimum absolute atomic E-state index is 0.0329. The first-order valence-electron chi connectivity index (χ1n) is 11.7. The maximum atomic E-state index is 13.3. The van der Waals surface area contributed by atoms with Gasteiger partial charge in [-0.25, -0.2) is 0 Å². The molecule has 0 radical (unpaired) electrons. The molecule has 2 unspecified atom stereocenters. The first-order chi connectivity index (χ1) is 16.9. The summed E-state index contributed by atoms with van der Waals surface area (Å²) in [4.78, 5) is 31.6. The Balaban J connectivity index is 1.39. The van der Waals surface area contributed by atoms with Gasteiger partial charge < -0.3 is 14.7 Å². The highest BCUT2D eigenvalue weighted by Gasteiger charge is 2.31. The van der Waals surface area contributed by atoms with Crippen molar-refractivity contribution in [3.63, 3.8) is 0 Å². The number of carboxylic acids is 1. The number of hydrogen-bond donors (Lipinski definition) is 1. The molecule has 1 fully saturated rings. The van der Waals surface area contributed by atoms with Crippen molar-refractivity contribution < 1.29 is 19.4 Å². The molecular formula is C26H29ClN2O4S2. The second-order valence-corrected chi connectivity index (χ2v) is 11.6. The molecule has 1 aliphatic heterocycles. The Morgan fingerprint density at radius 2 is 2.17 bits per heavy atom. The zero-order chi connectivity index (χ0) is 24.8. The number of carboxylic acid groups (broad SMARTS) is 1. The first-order valence-corrected chi connectivity index (χ1v) is 13.9. The lowest BCUT2D eigenvalue weighted by Crippen LogP contribution is -2.42. The molecule has 1 aliphatic rings. The number of rotatable bonds is 11. The number of Topliss-reactive ketones (excluding diaryl/α,β-unsaturated/α-hetero) is 1. The van der Waals surface area contributed by atoms with E-state index in [0.29, 0.717) is 40.1 Å². The maximum Gasteiger partial charge on any atom is 0.303 e. The average Bonchev–Trinajstić information content (AvgIpc) is 3.36. The minimum Gasteiger partial charge on any atom is -0.497 e. The number of nitrogens with zero attached hydrogens (tertiary/aromatic N) is 2. The van der Waals surface area contributed by atoms with E-state index in [-0.39, 0.29) is 24.0 Å². The normalized spacial score (nSPS) is 18.6. The molecular weight excluding hydrogens is 504 g/mol. The molecule has 4 rings (SSSR count). The predicted octanol–water partition coefficient (Wildman–Crippen LogP) is 6.13.